The van der Waals surface area contributed by atoms with Crippen LogP contribution in [0.2, 0.25) is 0 Å². The molecule has 1 rings (SSSR count). The molecule has 1 aromatic rings. The molecule has 0 radical (unpaired) electrons. The van der Waals surface area contributed by atoms with Crippen molar-refractivity contribution in [3.8, 4) is 0 Å². The molecule has 2 atom stereocenters. The van der Waals surface area contributed by atoms with Gasteiger partial charge in [0, 0.05) is 11.4 Å². The van der Waals surface area contributed by atoms with Crippen molar-refractivity contribution in [3.63, 3.8) is 0 Å². The first-order chi connectivity index (χ1) is 5.75. The van der Waals surface area contributed by atoms with Crippen LogP contribution in [0.4, 0.5) is 0 Å². The third-order valence-corrected chi connectivity index (χ3v) is 2.39. The second-order valence-corrected chi connectivity index (χ2v) is 3.53. The number of aromatic nitrogens is 1. The van der Waals surface area contributed by atoms with Crippen LogP contribution in [0, 0.1) is 0 Å². The van der Waals surface area contributed by atoms with E-state index in [1.165, 1.54) is 11.3 Å². The molecular formula is C8H14N2OS. The quantitative estimate of drug-likeness (QED) is 0.745. The third-order valence-electron chi connectivity index (χ3n) is 1.78. The Morgan fingerprint density at radius 2 is 2.50 bits per heavy atom. The second kappa shape index (κ2) is 4.54. The monoisotopic (exact) mass is 186 g/mol. The van der Waals surface area contributed by atoms with Crippen LogP contribution in [0.25, 0.3) is 0 Å². The van der Waals surface area contributed by atoms with Crippen molar-refractivity contribution in [2.24, 2.45) is 5.73 Å². The highest BCUT2D eigenvalue weighted by atomic mass is 32.1. The number of nitrogens with two attached hydrogens (primary N) is 1. The largest absolute Gasteiger partial charge is 0.385 e. The van der Waals surface area contributed by atoms with Crippen molar-refractivity contribution in [3.05, 3.63) is 16.6 Å². The van der Waals surface area contributed by atoms with Crippen LogP contribution >= 0.6 is 11.3 Å². The smallest absolute Gasteiger partial charge is 0.112 e. The second-order valence-electron chi connectivity index (χ2n) is 2.81. The van der Waals surface area contributed by atoms with E-state index in [4.69, 9.17) is 5.73 Å². The van der Waals surface area contributed by atoms with E-state index in [-0.39, 0.29) is 6.04 Å². The maximum Gasteiger partial charge on any atom is 0.112 e. The fraction of sp³-hybridized carbons (Fsp3) is 0.625. The lowest BCUT2D eigenvalue weighted by atomic mass is 10.1. The van der Waals surface area contributed by atoms with E-state index >= 15 is 0 Å². The van der Waals surface area contributed by atoms with Crippen molar-refractivity contribution in [1.82, 2.24) is 4.98 Å². The fourth-order valence-electron chi connectivity index (χ4n) is 1.08. The Balaban J connectivity index is 2.53. The highest BCUT2D eigenvalue weighted by molar-refractivity contribution is 7.07. The molecule has 0 aromatic carbocycles. The maximum absolute atomic E-state index is 9.63. The molecule has 3 nitrogen and oxygen atoms in total. The van der Waals surface area contributed by atoms with Crippen LogP contribution in [0.5, 0.6) is 0 Å². The molecule has 0 bridgehead atoms. The Labute approximate surface area is 76.3 Å². The molecule has 0 saturated heterocycles. The number of nitrogens with zero attached hydrogens (tertiary/aromatic N) is 1. The van der Waals surface area contributed by atoms with Crippen molar-refractivity contribution in [1.29, 1.82) is 0 Å². The van der Waals surface area contributed by atoms with E-state index in [0.29, 0.717) is 5.69 Å². The van der Waals surface area contributed by atoms with E-state index in [2.05, 4.69) is 4.98 Å². The summed E-state index contributed by atoms with van der Waals surface area (Å²) >= 11 is 1.48. The van der Waals surface area contributed by atoms with Crippen molar-refractivity contribution >= 4 is 11.3 Å². The molecule has 0 saturated carbocycles. The number of hydrogen-bond acceptors (Lipinski definition) is 4. The molecular weight excluding hydrogens is 172 g/mol. The average Bonchev–Trinajstić information content (AvgIpc) is 2.55. The van der Waals surface area contributed by atoms with E-state index in [1.54, 1.807) is 5.51 Å². The number of aliphatic hydroxyl groups is 1. The molecule has 1 aromatic heterocycles. The van der Waals surface area contributed by atoms with E-state index in [1.807, 2.05) is 12.3 Å². The van der Waals surface area contributed by atoms with Gasteiger partial charge in [0.25, 0.3) is 0 Å². The topological polar surface area (TPSA) is 59.1 Å². The minimum absolute atomic E-state index is 0.183. The Morgan fingerprint density at radius 3 is 3.00 bits per heavy atom. The maximum atomic E-state index is 9.63. The van der Waals surface area contributed by atoms with Crippen LogP contribution in [0.15, 0.2) is 10.9 Å². The molecule has 0 aliphatic carbocycles. The summed E-state index contributed by atoms with van der Waals surface area (Å²) in [4.78, 5) is 4.01. The standard InChI is InChI=1S/C8H14N2OS/c1-2-3-6(9)8(11)7-4-12-5-10-7/h4-6,8,11H,2-3,9H2,1H3. The van der Waals surface area contributed by atoms with Crippen LogP contribution in [0.1, 0.15) is 31.6 Å². The Morgan fingerprint density at radius 1 is 1.75 bits per heavy atom. The summed E-state index contributed by atoms with van der Waals surface area (Å²) in [5.41, 5.74) is 8.13. The minimum Gasteiger partial charge on any atom is -0.385 e. The molecule has 0 fully saturated rings. The van der Waals surface area contributed by atoms with Gasteiger partial charge in [-0.3, -0.25) is 0 Å². The summed E-state index contributed by atoms with van der Waals surface area (Å²) in [5, 5.41) is 11.5. The predicted molar refractivity (Wildman–Crippen MR) is 50.0 cm³/mol. The molecule has 3 N–H and O–H groups in total. The third kappa shape index (κ3) is 2.27. The molecule has 1 heterocycles. The van der Waals surface area contributed by atoms with Crippen LogP contribution in [-0.4, -0.2) is 16.1 Å². The first-order valence-electron chi connectivity index (χ1n) is 4.07. The Bertz CT molecular complexity index is 213. The van der Waals surface area contributed by atoms with Gasteiger partial charge in [-0.05, 0) is 6.42 Å². The highest BCUT2D eigenvalue weighted by Crippen LogP contribution is 2.17. The van der Waals surface area contributed by atoms with Crippen LogP contribution in [-0.2, 0) is 0 Å². The van der Waals surface area contributed by atoms with Gasteiger partial charge in [-0.2, -0.15) is 0 Å². The minimum atomic E-state index is -0.601. The molecule has 12 heavy (non-hydrogen) atoms. The zero-order valence-electron chi connectivity index (χ0n) is 7.10. The van der Waals surface area contributed by atoms with Gasteiger partial charge < -0.3 is 10.8 Å². The number of hydrogen-bond donors (Lipinski definition) is 2. The first-order valence-corrected chi connectivity index (χ1v) is 5.01. The zero-order valence-corrected chi connectivity index (χ0v) is 7.92. The Hall–Kier alpha value is -0.450. The van der Waals surface area contributed by atoms with Gasteiger partial charge >= 0.3 is 0 Å². The predicted octanol–water partition coefficient (Wildman–Crippen LogP) is 1.30. The lowest BCUT2D eigenvalue weighted by Gasteiger charge is -2.15. The Kier molecular flexibility index (Phi) is 3.65. The molecule has 4 heteroatoms. The highest BCUT2D eigenvalue weighted by Gasteiger charge is 2.17. The summed E-state index contributed by atoms with van der Waals surface area (Å²) in [6.45, 7) is 2.05. The number of rotatable bonds is 4. The van der Waals surface area contributed by atoms with Gasteiger partial charge in [-0.25, -0.2) is 4.98 Å². The van der Waals surface area contributed by atoms with E-state index in [0.717, 1.165) is 12.8 Å². The summed E-state index contributed by atoms with van der Waals surface area (Å²) in [7, 11) is 0. The lowest BCUT2D eigenvalue weighted by molar-refractivity contribution is 0.138. The number of thiazole rings is 1. The molecule has 0 aliphatic heterocycles. The summed E-state index contributed by atoms with van der Waals surface area (Å²) in [6.07, 6.45) is 1.22. The molecule has 0 amide bonds. The van der Waals surface area contributed by atoms with E-state index in [9.17, 15) is 5.11 Å². The summed E-state index contributed by atoms with van der Waals surface area (Å²) in [5.74, 6) is 0. The van der Waals surface area contributed by atoms with Crippen molar-refractivity contribution in [2.45, 2.75) is 31.9 Å². The summed E-state index contributed by atoms with van der Waals surface area (Å²) < 4.78 is 0. The average molecular weight is 186 g/mol. The SMILES string of the molecule is CCCC(N)C(O)c1cscn1. The zero-order chi connectivity index (χ0) is 8.97. The van der Waals surface area contributed by atoms with Gasteiger partial charge in [0.2, 0.25) is 0 Å². The first kappa shape index (κ1) is 9.64. The molecule has 0 aliphatic rings. The fourth-order valence-corrected chi connectivity index (χ4v) is 1.66. The molecule has 68 valence electrons. The van der Waals surface area contributed by atoms with Gasteiger partial charge in [0.15, 0.2) is 0 Å². The van der Waals surface area contributed by atoms with Crippen molar-refractivity contribution in [2.75, 3.05) is 0 Å². The molecule has 2 unspecified atom stereocenters. The van der Waals surface area contributed by atoms with Crippen molar-refractivity contribution < 1.29 is 5.11 Å². The van der Waals surface area contributed by atoms with E-state index < -0.39 is 6.10 Å². The normalized spacial score (nSPS) is 15.9. The van der Waals surface area contributed by atoms with Gasteiger partial charge in [0.05, 0.1) is 11.2 Å². The van der Waals surface area contributed by atoms with Gasteiger partial charge in [-0.15, -0.1) is 11.3 Å². The lowest BCUT2D eigenvalue weighted by Crippen LogP contribution is -2.28. The van der Waals surface area contributed by atoms with Crippen LogP contribution in [0.3, 0.4) is 0 Å². The number of aliphatic hydroxyl groups excluding tert-OH is 1. The van der Waals surface area contributed by atoms with Crippen LogP contribution < -0.4 is 5.73 Å². The van der Waals surface area contributed by atoms with Gasteiger partial charge in [-0.1, -0.05) is 13.3 Å². The molecule has 0 spiro atoms. The summed E-state index contributed by atoms with van der Waals surface area (Å²) in [6, 6.07) is -0.183. The van der Waals surface area contributed by atoms with Gasteiger partial charge in [0.1, 0.15) is 6.10 Å².